The predicted octanol–water partition coefficient (Wildman–Crippen LogP) is 1.86. The highest BCUT2D eigenvalue weighted by Gasteiger charge is 2.22. The molecule has 0 saturated heterocycles. The molecule has 1 aliphatic rings. The average molecular weight is 315 g/mol. The summed E-state index contributed by atoms with van der Waals surface area (Å²) in [5.74, 6) is 1.19. The third-order valence-corrected chi connectivity index (χ3v) is 4.17. The van der Waals surface area contributed by atoms with Crippen molar-refractivity contribution in [1.82, 2.24) is 14.9 Å². The van der Waals surface area contributed by atoms with Crippen LogP contribution in [0.3, 0.4) is 0 Å². The highest BCUT2D eigenvalue weighted by molar-refractivity contribution is 5.38. The number of rotatable bonds is 3. The monoisotopic (exact) mass is 315 g/mol. The lowest BCUT2D eigenvalue weighted by molar-refractivity contribution is 0.238. The van der Waals surface area contributed by atoms with Crippen molar-refractivity contribution in [2.45, 2.75) is 39.3 Å². The number of aromatic amines is 1. The van der Waals surface area contributed by atoms with E-state index >= 15 is 0 Å². The van der Waals surface area contributed by atoms with Crippen LogP contribution < -0.4 is 5.56 Å². The number of aromatic hydroxyl groups is 2. The first-order valence-electron chi connectivity index (χ1n) is 7.79. The lowest BCUT2D eigenvalue weighted by Crippen LogP contribution is -2.36. The first kappa shape index (κ1) is 15.6. The molecule has 0 amide bonds. The fourth-order valence-corrected chi connectivity index (χ4v) is 2.85. The molecule has 122 valence electrons. The molecule has 2 heterocycles. The summed E-state index contributed by atoms with van der Waals surface area (Å²) in [7, 11) is 0. The van der Waals surface area contributed by atoms with E-state index in [9.17, 15) is 15.0 Å². The van der Waals surface area contributed by atoms with Gasteiger partial charge in [-0.3, -0.25) is 9.69 Å². The van der Waals surface area contributed by atoms with Gasteiger partial charge in [0.1, 0.15) is 17.3 Å². The predicted molar refractivity (Wildman–Crippen MR) is 86.5 cm³/mol. The second kappa shape index (κ2) is 6.04. The van der Waals surface area contributed by atoms with E-state index in [4.69, 9.17) is 0 Å². The zero-order valence-electron chi connectivity index (χ0n) is 13.3. The van der Waals surface area contributed by atoms with Gasteiger partial charge >= 0.3 is 0 Å². The summed E-state index contributed by atoms with van der Waals surface area (Å²) in [6, 6.07) is 4.48. The second-order valence-electron chi connectivity index (χ2n) is 6.30. The number of benzene rings is 1. The van der Waals surface area contributed by atoms with Crippen molar-refractivity contribution in [1.29, 1.82) is 0 Å². The lowest BCUT2D eigenvalue weighted by atomic mass is 10.0. The molecule has 1 aromatic heterocycles. The van der Waals surface area contributed by atoms with E-state index in [2.05, 4.69) is 14.9 Å². The van der Waals surface area contributed by atoms with Crippen LogP contribution in [0.5, 0.6) is 11.5 Å². The minimum Gasteiger partial charge on any atom is -0.508 e. The van der Waals surface area contributed by atoms with Crippen LogP contribution in [0.2, 0.25) is 0 Å². The van der Waals surface area contributed by atoms with E-state index in [-0.39, 0.29) is 23.0 Å². The Balaban J connectivity index is 1.83. The molecular formula is C17H21N3O3. The molecular weight excluding hydrogens is 294 g/mol. The molecule has 0 bridgehead atoms. The van der Waals surface area contributed by atoms with E-state index in [1.165, 1.54) is 12.1 Å². The van der Waals surface area contributed by atoms with Gasteiger partial charge in [-0.2, -0.15) is 0 Å². The van der Waals surface area contributed by atoms with Crippen molar-refractivity contribution in [2.75, 3.05) is 6.54 Å². The number of phenols is 2. The summed E-state index contributed by atoms with van der Waals surface area (Å²) in [6.45, 7) is 5.74. The fraction of sp³-hybridized carbons (Fsp3) is 0.412. The van der Waals surface area contributed by atoms with Gasteiger partial charge in [-0.05, 0) is 18.2 Å². The number of aromatic nitrogens is 2. The van der Waals surface area contributed by atoms with Gasteiger partial charge in [0.05, 0.1) is 11.3 Å². The topological polar surface area (TPSA) is 89.5 Å². The molecule has 2 aromatic rings. The number of nitrogens with one attached hydrogen (secondary N) is 1. The SMILES string of the molecule is CC(C)c1nc2c(c(=O)[nH]1)CN(Cc1cc(O)ccc1O)CC2. The Morgan fingerprint density at radius 2 is 2.13 bits per heavy atom. The normalized spacial score (nSPS) is 14.9. The summed E-state index contributed by atoms with van der Waals surface area (Å²) in [4.78, 5) is 21.8. The van der Waals surface area contributed by atoms with Crippen molar-refractivity contribution in [3.63, 3.8) is 0 Å². The highest BCUT2D eigenvalue weighted by atomic mass is 16.3. The van der Waals surface area contributed by atoms with E-state index in [0.29, 0.717) is 30.6 Å². The number of nitrogens with zero attached hydrogens (tertiary/aromatic N) is 2. The van der Waals surface area contributed by atoms with Gasteiger partial charge in [0.15, 0.2) is 0 Å². The third-order valence-electron chi connectivity index (χ3n) is 4.17. The van der Waals surface area contributed by atoms with Crippen LogP contribution in [-0.4, -0.2) is 31.6 Å². The zero-order chi connectivity index (χ0) is 16.6. The van der Waals surface area contributed by atoms with E-state index in [1.807, 2.05) is 13.8 Å². The van der Waals surface area contributed by atoms with Gasteiger partial charge in [-0.25, -0.2) is 4.98 Å². The molecule has 0 unspecified atom stereocenters. The summed E-state index contributed by atoms with van der Waals surface area (Å²) in [5.41, 5.74) is 2.13. The molecule has 0 saturated carbocycles. The lowest BCUT2D eigenvalue weighted by Gasteiger charge is -2.28. The number of phenolic OH excluding ortho intramolecular Hbond substituents is 2. The standard InChI is InChI=1S/C17H21N3O3/c1-10(2)16-18-14-5-6-20(9-13(14)17(23)19-16)8-11-7-12(21)3-4-15(11)22/h3-4,7,10,21-22H,5-6,8-9H2,1-2H3,(H,18,19,23). The van der Waals surface area contributed by atoms with Crippen LogP contribution in [-0.2, 0) is 19.5 Å². The molecule has 23 heavy (non-hydrogen) atoms. The average Bonchev–Trinajstić information content (AvgIpc) is 2.51. The summed E-state index contributed by atoms with van der Waals surface area (Å²) in [5, 5.41) is 19.5. The van der Waals surface area contributed by atoms with Gasteiger partial charge in [-0.1, -0.05) is 13.8 Å². The smallest absolute Gasteiger partial charge is 0.255 e. The Morgan fingerprint density at radius 1 is 1.35 bits per heavy atom. The maximum Gasteiger partial charge on any atom is 0.255 e. The first-order chi connectivity index (χ1) is 10.9. The minimum absolute atomic E-state index is 0.0801. The van der Waals surface area contributed by atoms with Crippen molar-refractivity contribution in [3.05, 3.63) is 51.2 Å². The summed E-state index contributed by atoms with van der Waals surface area (Å²) >= 11 is 0. The number of hydrogen-bond donors (Lipinski definition) is 3. The molecule has 0 fully saturated rings. The van der Waals surface area contributed by atoms with Crippen molar-refractivity contribution < 1.29 is 10.2 Å². The largest absolute Gasteiger partial charge is 0.508 e. The van der Waals surface area contributed by atoms with E-state index in [1.54, 1.807) is 6.07 Å². The Bertz CT molecular complexity index is 783. The molecule has 0 spiro atoms. The number of H-pyrrole nitrogens is 1. The highest BCUT2D eigenvalue weighted by Crippen LogP contribution is 2.25. The Kier molecular flexibility index (Phi) is 4.09. The van der Waals surface area contributed by atoms with Crippen molar-refractivity contribution in [3.8, 4) is 11.5 Å². The molecule has 6 nitrogen and oxygen atoms in total. The second-order valence-corrected chi connectivity index (χ2v) is 6.30. The number of hydrogen-bond acceptors (Lipinski definition) is 5. The van der Waals surface area contributed by atoms with Crippen LogP contribution in [0.25, 0.3) is 0 Å². The molecule has 6 heteroatoms. The van der Waals surface area contributed by atoms with Crippen molar-refractivity contribution in [2.24, 2.45) is 0 Å². The molecule has 1 aromatic carbocycles. The minimum atomic E-state index is -0.0801. The molecule has 0 atom stereocenters. The van der Waals surface area contributed by atoms with Gasteiger partial charge in [-0.15, -0.1) is 0 Å². The van der Waals surface area contributed by atoms with Crippen LogP contribution in [0.1, 0.15) is 42.4 Å². The van der Waals surface area contributed by atoms with E-state index < -0.39 is 0 Å². The molecule has 3 N–H and O–H groups in total. The fourth-order valence-electron chi connectivity index (χ4n) is 2.85. The molecule has 0 radical (unpaired) electrons. The Morgan fingerprint density at radius 3 is 2.87 bits per heavy atom. The molecule has 0 aliphatic carbocycles. The maximum atomic E-state index is 12.3. The van der Waals surface area contributed by atoms with Crippen LogP contribution in [0.15, 0.2) is 23.0 Å². The Hall–Kier alpha value is -2.34. The number of fused-ring (bicyclic) bond motifs is 1. The first-order valence-corrected chi connectivity index (χ1v) is 7.79. The van der Waals surface area contributed by atoms with Crippen LogP contribution in [0.4, 0.5) is 0 Å². The van der Waals surface area contributed by atoms with Crippen LogP contribution in [0, 0.1) is 0 Å². The summed E-state index contributed by atoms with van der Waals surface area (Å²) in [6.07, 6.45) is 0.707. The van der Waals surface area contributed by atoms with Gasteiger partial charge in [0, 0.05) is 37.5 Å². The van der Waals surface area contributed by atoms with Crippen LogP contribution >= 0.6 is 0 Å². The zero-order valence-corrected chi connectivity index (χ0v) is 13.3. The van der Waals surface area contributed by atoms with Gasteiger partial charge < -0.3 is 15.2 Å². The molecule has 3 rings (SSSR count). The third kappa shape index (κ3) is 3.22. The molecule has 1 aliphatic heterocycles. The van der Waals surface area contributed by atoms with Gasteiger partial charge in [0.2, 0.25) is 0 Å². The quantitative estimate of drug-likeness (QED) is 0.752. The maximum absolute atomic E-state index is 12.3. The Labute approximate surface area is 134 Å². The van der Waals surface area contributed by atoms with Gasteiger partial charge in [0.25, 0.3) is 5.56 Å². The van der Waals surface area contributed by atoms with E-state index in [0.717, 1.165) is 18.1 Å². The summed E-state index contributed by atoms with van der Waals surface area (Å²) < 4.78 is 0. The van der Waals surface area contributed by atoms with Crippen molar-refractivity contribution >= 4 is 0 Å².